The number of hydrogen-bond acceptors (Lipinski definition) is 3. The van der Waals surface area contributed by atoms with E-state index in [1.807, 2.05) is 31.2 Å². The molecule has 0 spiro atoms. The van der Waals surface area contributed by atoms with Crippen LogP contribution in [0.5, 0.6) is 11.5 Å². The third-order valence-corrected chi connectivity index (χ3v) is 4.17. The SMILES string of the molecule is CCC(=O)Oc1cccc(C)c1COc1ccc(CC)cc1CC. The van der Waals surface area contributed by atoms with Gasteiger partial charge in [0.05, 0.1) is 0 Å². The first-order valence-electron chi connectivity index (χ1n) is 8.62. The van der Waals surface area contributed by atoms with Crippen LogP contribution in [0.3, 0.4) is 0 Å². The van der Waals surface area contributed by atoms with Gasteiger partial charge in [0, 0.05) is 12.0 Å². The second kappa shape index (κ2) is 8.53. The minimum Gasteiger partial charge on any atom is -0.488 e. The summed E-state index contributed by atoms with van der Waals surface area (Å²) in [7, 11) is 0. The zero-order valence-corrected chi connectivity index (χ0v) is 15.0. The molecule has 128 valence electrons. The van der Waals surface area contributed by atoms with Gasteiger partial charge in [-0.15, -0.1) is 0 Å². The van der Waals surface area contributed by atoms with E-state index in [9.17, 15) is 4.79 Å². The van der Waals surface area contributed by atoms with E-state index in [4.69, 9.17) is 9.47 Å². The third kappa shape index (κ3) is 4.38. The molecule has 2 aromatic rings. The number of esters is 1. The minimum absolute atomic E-state index is 0.233. The molecule has 0 saturated carbocycles. The minimum atomic E-state index is -0.233. The molecule has 0 aliphatic heterocycles. The van der Waals surface area contributed by atoms with E-state index in [1.165, 1.54) is 11.1 Å². The highest BCUT2D eigenvalue weighted by Crippen LogP contribution is 2.27. The molecule has 0 amide bonds. The molecule has 24 heavy (non-hydrogen) atoms. The molecule has 0 aliphatic rings. The highest BCUT2D eigenvalue weighted by molar-refractivity contribution is 5.72. The zero-order chi connectivity index (χ0) is 17.5. The van der Waals surface area contributed by atoms with Crippen LogP contribution in [0.25, 0.3) is 0 Å². The second-order valence-corrected chi connectivity index (χ2v) is 5.82. The van der Waals surface area contributed by atoms with E-state index in [-0.39, 0.29) is 5.97 Å². The standard InChI is InChI=1S/C21H26O3/c1-5-16-11-12-19(17(6-2)13-16)23-14-18-15(4)9-8-10-20(18)24-21(22)7-3/h8-13H,5-7,14H2,1-4H3. The summed E-state index contributed by atoms with van der Waals surface area (Å²) >= 11 is 0. The molecular weight excluding hydrogens is 300 g/mol. The van der Waals surface area contributed by atoms with Gasteiger partial charge >= 0.3 is 5.97 Å². The Bertz CT molecular complexity index is 704. The fourth-order valence-corrected chi connectivity index (χ4v) is 2.57. The van der Waals surface area contributed by atoms with Crippen LogP contribution in [0.4, 0.5) is 0 Å². The molecule has 2 aromatic carbocycles. The molecule has 3 heteroatoms. The summed E-state index contributed by atoms with van der Waals surface area (Å²) in [5.74, 6) is 1.25. The first-order chi connectivity index (χ1) is 11.6. The zero-order valence-electron chi connectivity index (χ0n) is 15.0. The van der Waals surface area contributed by atoms with E-state index in [1.54, 1.807) is 6.92 Å². The van der Waals surface area contributed by atoms with E-state index in [0.717, 1.165) is 29.7 Å². The lowest BCUT2D eigenvalue weighted by atomic mass is 10.1. The van der Waals surface area contributed by atoms with Crippen molar-refractivity contribution < 1.29 is 14.3 Å². The van der Waals surface area contributed by atoms with Crippen LogP contribution in [-0.4, -0.2) is 5.97 Å². The van der Waals surface area contributed by atoms with Crippen molar-refractivity contribution in [2.24, 2.45) is 0 Å². The summed E-state index contributed by atoms with van der Waals surface area (Å²) in [6.45, 7) is 8.46. The summed E-state index contributed by atoms with van der Waals surface area (Å²) in [4.78, 5) is 11.6. The summed E-state index contributed by atoms with van der Waals surface area (Å²) in [6.07, 6.45) is 2.30. The quantitative estimate of drug-likeness (QED) is 0.530. The summed E-state index contributed by atoms with van der Waals surface area (Å²) < 4.78 is 11.5. The van der Waals surface area contributed by atoms with Crippen LogP contribution in [-0.2, 0) is 24.2 Å². The first-order valence-corrected chi connectivity index (χ1v) is 8.62. The average Bonchev–Trinajstić information content (AvgIpc) is 2.61. The second-order valence-electron chi connectivity index (χ2n) is 5.82. The molecule has 0 radical (unpaired) electrons. The summed E-state index contributed by atoms with van der Waals surface area (Å²) in [5.41, 5.74) is 4.49. The van der Waals surface area contributed by atoms with Gasteiger partial charge in [-0.25, -0.2) is 0 Å². The molecule has 2 rings (SSSR count). The summed E-state index contributed by atoms with van der Waals surface area (Å²) in [6, 6.07) is 12.1. The predicted octanol–water partition coefficient (Wildman–Crippen LogP) is 5.01. The lowest BCUT2D eigenvalue weighted by Crippen LogP contribution is -2.10. The fourth-order valence-electron chi connectivity index (χ4n) is 2.57. The largest absolute Gasteiger partial charge is 0.488 e. The molecule has 0 saturated heterocycles. The Hall–Kier alpha value is -2.29. The van der Waals surface area contributed by atoms with Gasteiger partial charge in [0.2, 0.25) is 0 Å². The van der Waals surface area contributed by atoms with Crippen LogP contribution in [0.15, 0.2) is 36.4 Å². The Morgan fingerprint density at radius 3 is 2.46 bits per heavy atom. The molecule has 0 aliphatic carbocycles. The van der Waals surface area contributed by atoms with Crippen LogP contribution in [0, 0.1) is 6.92 Å². The van der Waals surface area contributed by atoms with Gasteiger partial charge in [-0.3, -0.25) is 4.79 Å². The Labute approximate surface area is 144 Å². The number of ether oxygens (including phenoxy) is 2. The van der Waals surface area contributed by atoms with E-state index < -0.39 is 0 Å². The van der Waals surface area contributed by atoms with Gasteiger partial charge < -0.3 is 9.47 Å². The number of hydrogen-bond donors (Lipinski definition) is 0. The van der Waals surface area contributed by atoms with E-state index in [0.29, 0.717) is 18.8 Å². The molecule has 0 atom stereocenters. The van der Waals surface area contributed by atoms with Gasteiger partial charge in [0.25, 0.3) is 0 Å². The molecule has 0 unspecified atom stereocenters. The smallest absolute Gasteiger partial charge is 0.310 e. The highest BCUT2D eigenvalue weighted by atomic mass is 16.5. The maximum atomic E-state index is 11.6. The van der Waals surface area contributed by atoms with Gasteiger partial charge in [-0.1, -0.05) is 45.0 Å². The van der Waals surface area contributed by atoms with Crippen LogP contribution >= 0.6 is 0 Å². The van der Waals surface area contributed by atoms with Crippen LogP contribution < -0.4 is 9.47 Å². The fraction of sp³-hybridized carbons (Fsp3) is 0.381. The van der Waals surface area contributed by atoms with Crippen molar-refractivity contribution in [1.82, 2.24) is 0 Å². The number of benzene rings is 2. The highest BCUT2D eigenvalue weighted by Gasteiger charge is 2.12. The number of aryl methyl sites for hydroxylation is 3. The summed E-state index contributed by atoms with van der Waals surface area (Å²) in [5, 5.41) is 0. The van der Waals surface area contributed by atoms with Crippen molar-refractivity contribution in [3.8, 4) is 11.5 Å². The molecule has 0 bridgehead atoms. The number of rotatable bonds is 7. The molecular formula is C21H26O3. The van der Waals surface area contributed by atoms with E-state index >= 15 is 0 Å². The van der Waals surface area contributed by atoms with Crippen molar-refractivity contribution in [3.05, 3.63) is 58.7 Å². The van der Waals surface area contributed by atoms with Crippen molar-refractivity contribution in [2.75, 3.05) is 0 Å². The van der Waals surface area contributed by atoms with Gasteiger partial charge in [0.1, 0.15) is 18.1 Å². The van der Waals surface area contributed by atoms with Gasteiger partial charge in [-0.05, 0) is 48.6 Å². The maximum Gasteiger partial charge on any atom is 0.310 e. The molecule has 0 heterocycles. The number of carbonyl (C=O) groups is 1. The van der Waals surface area contributed by atoms with Crippen molar-refractivity contribution in [1.29, 1.82) is 0 Å². The topological polar surface area (TPSA) is 35.5 Å². The normalized spacial score (nSPS) is 10.5. The monoisotopic (exact) mass is 326 g/mol. The average molecular weight is 326 g/mol. The lowest BCUT2D eigenvalue weighted by molar-refractivity contribution is -0.134. The molecule has 0 N–H and O–H groups in total. The van der Waals surface area contributed by atoms with Crippen molar-refractivity contribution in [2.45, 2.75) is 53.6 Å². The van der Waals surface area contributed by atoms with Crippen molar-refractivity contribution >= 4 is 5.97 Å². The maximum absolute atomic E-state index is 11.6. The van der Waals surface area contributed by atoms with Gasteiger partial charge in [0.15, 0.2) is 0 Å². The number of carbonyl (C=O) groups excluding carboxylic acids is 1. The Balaban J connectivity index is 2.21. The van der Waals surface area contributed by atoms with Crippen LogP contribution in [0.2, 0.25) is 0 Å². The lowest BCUT2D eigenvalue weighted by Gasteiger charge is -2.15. The third-order valence-electron chi connectivity index (χ3n) is 4.17. The first kappa shape index (κ1) is 18.1. The Morgan fingerprint density at radius 1 is 1.00 bits per heavy atom. The van der Waals surface area contributed by atoms with E-state index in [2.05, 4.69) is 26.0 Å². The molecule has 0 fully saturated rings. The van der Waals surface area contributed by atoms with Crippen molar-refractivity contribution in [3.63, 3.8) is 0 Å². The molecule has 3 nitrogen and oxygen atoms in total. The Kier molecular flexibility index (Phi) is 6.42. The predicted molar refractivity (Wildman–Crippen MR) is 96.6 cm³/mol. The van der Waals surface area contributed by atoms with Gasteiger partial charge in [-0.2, -0.15) is 0 Å². The van der Waals surface area contributed by atoms with Crippen LogP contribution in [0.1, 0.15) is 49.4 Å². The Morgan fingerprint density at radius 2 is 1.79 bits per heavy atom. The molecule has 0 aromatic heterocycles.